The average Bonchev–Trinajstić information content (AvgIpc) is 3.58. The van der Waals surface area contributed by atoms with Crippen molar-refractivity contribution in [2.45, 2.75) is 6.92 Å². The number of thiophene rings is 1. The normalized spacial score (nSPS) is 12.6. The second-order valence-electron chi connectivity index (χ2n) is 9.34. The molecule has 36 heavy (non-hydrogen) atoms. The van der Waals surface area contributed by atoms with Gasteiger partial charge in [0.1, 0.15) is 11.2 Å². The first-order valence-electron chi connectivity index (χ1n) is 12.2. The van der Waals surface area contributed by atoms with E-state index in [-0.39, 0.29) is 0 Å². The number of rotatable bonds is 2. The van der Waals surface area contributed by atoms with Crippen LogP contribution in [-0.2, 0) is 0 Å². The topological polar surface area (TPSA) is 17.6 Å². The molecule has 0 aliphatic heterocycles. The Kier molecular flexibility index (Phi) is 3.92. The Morgan fingerprint density at radius 2 is 1.64 bits per heavy atom. The zero-order valence-corrected chi connectivity index (χ0v) is 20.5. The first-order chi connectivity index (χ1) is 17.8. The summed E-state index contributed by atoms with van der Waals surface area (Å²) in [6.45, 7) is 6.27. The molecule has 4 aromatic heterocycles. The van der Waals surface area contributed by atoms with E-state index in [1.807, 2.05) is 23.5 Å². The summed E-state index contributed by atoms with van der Waals surface area (Å²) in [6.07, 6.45) is 8.58. The molecule has 0 N–H and O–H groups in total. The second kappa shape index (κ2) is 7.09. The maximum atomic E-state index is 6.37. The predicted octanol–water partition coefficient (Wildman–Crippen LogP) is 10.2. The zero-order valence-electron chi connectivity index (χ0n) is 19.7. The number of pyridine rings is 1. The fourth-order valence-electron chi connectivity index (χ4n) is 5.97. The Hall–Kier alpha value is -4.34. The molecular formula is C33H21NOS. The van der Waals surface area contributed by atoms with Gasteiger partial charge in [0.25, 0.3) is 0 Å². The smallest absolute Gasteiger partial charge is 0.136 e. The van der Waals surface area contributed by atoms with Gasteiger partial charge in [-0.3, -0.25) is 0 Å². The van der Waals surface area contributed by atoms with Gasteiger partial charge in [-0.2, -0.15) is 0 Å². The van der Waals surface area contributed by atoms with Crippen LogP contribution in [0.25, 0.3) is 82.1 Å². The van der Waals surface area contributed by atoms with Crippen molar-refractivity contribution in [2.24, 2.45) is 0 Å². The number of benzene rings is 4. The van der Waals surface area contributed by atoms with Crippen molar-refractivity contribution in [3.05, 3.63) is 102 Å². The lowest BCUT2D eigenvalue weighted by atomic mass is 9.97. The Morgan fingerprint density at radius 1 is 0.806 bits per heavy atom. The highest BCUT2D eigenvalue weighted by Gasteiger charge is 2.20. The molecular weight excluding hydrogens is 458 g/mol. The fraction of sp³-hybridized carbons (Fsp3) is 0.0303. The van der Waals surface area contributed by atoms with Crippen molar-refractivity contribution in [1.82, 2.24) is 4.40 Å². The zero-order chi connectivity index (χ0) is 24.0. The van der Waals surface area contributed by atoms with E-state index < -0.39 is 0 Å². The molecule has 0 spiro atoms. The summed E-state index contributed by atoms with van der Waals surface area (Å²) in [7, 11) is 0. The minimum Gasteiger partial charge on any atom is -0.456 e. The van der Waals surface area contributed by atoms with Crippen LogP contribution in [0.1, 0.15) is 17.4 Å². The lowest BCUT2D eigenvalue weighted by molar-refractivity contribution is 0.669. The van der Waals surface area contributed by atoms with Crippen molar-refractivity contribution >= 4 is 93.5 Å². The van der Waals surface area contributed by atoms with Crippen LogP contribution in [0.5, 0.6) is 0 Å². The van der Waals surface area contributed by atoms with Gasteiger partial charge in [0, 0.05) is 59.0 Å². The van der Waals surface area contributed by atoms with Crippen LogP contribution < -0.4 is 0 Å². The third-order valence-electron chi connectivity index (χ3n) is 7.45. The molecule has 8 aromatic rings. The van der Waals surface area contributed by atoms with E-state index in [9.17, 15) is 0 Å². The highest BCUT2D eigenvalue weighted by atomic mass is 32.1. The molecule has 3 heteroatoms. The van der Waals surface area contributed by atoms with Gasteiger partial charge in [-0.25, -0.2) is 0 Å². The number of hydrogen-bond donors (Lipinski definition) is 0. The van der Waals surface area contributed by atoms with Crippen LogP contribution >= 0.6 is 11.3 Å². The number of nitrogens with zero attached hydrogens (tertiary/aromatic N) is 1. The third-order valence-corrected chi connectivity index (χ3v) is 8.58. The monoisotopic (exact) mass is 479 g/mol. The molecule has 4 heterocycles. The summed E-state index contributed by atoms with van der Waals surface area (Å²) in [5, 5.41) is 9.78. The lowest BCUT2D eigenvalue weighted by Gasteiger charge is -2.12. The van der Waals surface area contributed by atoms with E-state index in [0.717, 1.165) is 21.9 Å². The Morgan fingerprint density at radius 3 is 2.50 bits per heavy atom. The van der Waals surface area contributed by atoms with Gasteiger partial charge >= 0.3 is 0 Å². The van der Waals surface area contributed by atoms with Gasteiger partial charge in [-0.05, 0) is 48.7 Å². The summed E-state index contributed by atoms with van der Waals surface area (Å²) in [5.74, 6) is 0. The molecule has 0 atom stereocenters. The van der Waals surface area contributed by atoms with Gasteiger partial charge < -0.3 is 8.82 Å². The summed E-state index contributed by atoms with van der Waals surface area (Å²) in [4.78, 5) is 1.24. The van der Waals surface area contributed by atoms with Crippen LogP contribution in [-0.4, -0.2) is 4.40 Å². The number of aromatic nitrogens is 1. The van der Waals surface area contributed by atoms with Crippen LogP contribution in [0.15, 0.2) is 96.1 Å². The van der Waals surface area contributed by atoms with Gasteiger partial charge in [0.15, 0.2) is 0 Å². The predicted molar refractivity (Wildman–Crippen MR) is 157 cm³/mol. The van der Waals surface area contributed by atoms with E-state index in [0.29, 0.717) is 0 Å². The summed E-state index contributed by atoms with van der Waals surface area (Å²) >= 11 is 1.82. The van der Waals surface area contributed by atoms with Crippen molar-refractivity contribution < 1.29 is 4.42 Å². The SMILES string of the molecule is C=Cc1c(/C=C\C)sc2ccc3c(c4cc5oc6ccccc6c5cc4c4c5ccccc5cn34)c12. The second-order valence-corrected chi connectivity index (χ2v) is 10.4. The van der Waals surface area contributed by atoms with Gasteiger partial charge in [0.05, 0.1) is 11.0 Å². The minimum atomic E-state index is 0.922. The van der Waals surface area contributed by atoms with E-state index in [2.05, 4.69) is 103 Å². The number of fused-ring (bicyclic) bond motifs is 13. The summed E-state index contributed by atoms with van der Waals surface area (Å²) in [6, 6.07) is 26.1. The minimum absolute atomic E-state index is 0.922. The average molecular weight is 480 g/mol. The molecule has 8 rings (SSSR count). The molecule has 0 bridgehead atoms. The van der Waals surface area contributed by atoms with Crippen molar-refractivity contribution in [2.75, 3.05) is 0 Å². The first-order valence-corrected chi connectivity index (χ1v) is 13.0. The third kappa shape index (κ3) is 2.45. The maximum absolute atomic E-state index is 6.37. The Labute approximate surface area is 211 Å². The van der Waals surface area contributed by atoms with Crippen LogP contribution in [0.2, 0.25) is 0 Å². The van der Waals surface area contributed by atoms with Gasteiger partial charge in [-0.1, -0.05) is 61.2 Å². The molecule has 0 aliphatic rings. The molecule has 170 valence electrons. The molecule has 2 nitrogen and oxygen atoms in total. The number of hydrogen-bond acceptors (Lipinski definition) is 2. The molecule has 0 saturated heterocycles. The largest absolute Gasteiger partial charge is 0.456 e. The molecule has 0 amide bonds. The fourth-order valence-corrected chi connectivity index (χ4v) is 7.16. The van der Waals surface area contributed by atoms with E-state index in [1.165, 1.54) is 58.5 Å². The summed E-state index contributed by atoms with van der Waals surface area (Å²) < 4.78 is 10.0. The summed E-state index contributed by atoms with van der Waals surface area (Å²) in [5.41, 5.74) is 5.48. The standard InChI is InChI=1S/C33H21NOS/c1-3-9-29-20(4-2)32-30(36-29)15-14-26-31(32)24-17-28-23(22-12-7-8-13-27(22)35-28)16-25(24)33-21-11-6-5-10-19(21)18-34(26)33/h3-18H,2H2,1H3/b9-3-. The molecule has 0 unspecified atom stereocenters. The highest BCUT2D eigenvalue weighted by molar-refractivity contribution is 7.20. The quantitative estimate of drug-likeness (QED) is 0.225. The first kappa shape index (κ1) is 19.9. The molecule has 0 radical (unpaired) electrons. The van der Waals surface area contributed by atoms with E-state index in [1.54, 1.807) is 0 Å². The van der Waals surface area contributed by atoms with Gasteiger partial charge in [0.2, 0.25) is 0 Å². The molecule has 4 aromatic carbocycles. The number of furan rings is 1. The lowest BCUT2D eigenvalue weighted by Crippen LogP contribution is -1.91. The van der Waals surface area contributed by atoms with Crippen molar-refractivity contribution in [1.29, 1.82) is 0 Å². The molecule has 0 fully saturated rings. The van der Waals surface area contributed by atoms with Crippen LogP contribution in [0.3, 0.4) is 0 Å². The highest BCUT2D eigenvalue weighted by Crippen LogP contribution is 2.45. The van der Waals surface area contributed by atoms with E-state index in [4.69, 9.17) is 4.42 Å². The van der Waals surface area contributed by atoms with Gasteiger partial charge in [-0.15, -0.1) is 11.3 Å². The number of allylic oxidation sites excluding steroid dienone is 1. The maximum Gasteiger partial charge on any atom is 0.136 e. The Bertz CT molecular complexity index is 2240. The van der Waals surface area contributed by atoms with Crippen LogP contribution in [0, 0.1) is 0 Å². The van der Waals surface area contributed by atoms with Crippen molar-refractivity contribution in [3.63, 3.8) is 0 Å². The Balaban J connectivity index is 1.73. The number of para-hydroxylation sites is 1. The molecule has 0 aliphatic carbocycles. The van der Waals surface area contributed by atoms with E-state index >= 15 is 0 Å². The van der Waals surface area contributed by atoms with Crippen LogP contribution in [0.4, 0.5) is 0 Å². The van der Waals surface area contributed by atoms with Crippen molar-refractivity contribution in [3.8, 4) is 0 Å². The molecule has 0 saturated carbocycles.